The third kappa shape index (κ3) is 1.86. The van der Waals surface area contributed by atoms with Crippen LogP contribution in [0, 0.1) is 0 Å². The summed E-state index contributed by atoms with van der Waals surface area (Å²) in [6.45, 7) is 0. The van der Waals surface area contributed by atoms with Crippen LogP contribution in [0.15, 0.2) is 10.6 Å². The lowest BCUT2D eigenvalue weighted by Crippen LogP contribution is -2.10. The van der Waals surface area contributed by atoms with Crippen molar-refractivity contribution < 1.29 is 19.2 Å². The number of carboxylic acids is 1. The molecule has 1 saturated carbocycles. The second-order valence-electron chi connectivity index (χ2n) is 3.36. The van der Waals surface area contributed by atoms with E-state index in [4.69, 9.17) is 9.84 Å². The van der Waals surface area contributed by atoms with E-state index in [9.17, 15) is 4.79 Å². The Labute approximate surface area is 80.6 Å². The molecule has 0 atom stereocenters. The first-order valence-electron chi connectivity index (χ1n) is 4.62. The molecule has 1 aliphatic carbocycles. The number of hydrogen-bond acceptors (Lipinski definition) is 4. The van der Waals surface area contributed by atoms with Crippen LogP contribution in [0.3, 0.4) is 0 Å². The monoisotopic (exact) mass is 197 g/mol. The van der Waals surface area contributed by atoms with Gasteiger partial charge in [0.15, 0.2) is 0 Å². The van der Waals surface area contributed by atoms with Gasteiger partial charge in [-0.05, 0) is 30.8 Å². The zero-order chi connectivity index (χ0) is 9.97. The van der Waals surface area contributed by atoms with Crippen molar-refractivity contribution in [2.45, 2.75) is 31.8 Å². The standard InChI is InChI=1S/C9H11NO4/c11-9(12)7-5-8(10-14-7)13-6-3-1-2-4-6/h5-6H,1-4H2,(H,11,12). The van der Waals surface area contributed by atoms with Gasteiger partial charge < -0.3 is 14.4 Å². The van der Waals surface area contributed by atoms with E-state index in [1.165, 1.54) is 6.07 Å². The van der Waals surface area contributed by atoms with Crippen molar-refractivity contribution in [3.63, 3.8) is 0 Å². The van der Waals surface area contributed by atoms with Crippen LogP contribution in [-0.2, 0) is 0 Å². The summed E-state index contributed by atoms with van der Waals surface area (Å²) in [4.78, 5) is 10.5. The molecule has 0 aliphatic heterocycles. The number of nitrogens with zero attached hydrogens (tertiary/aromatic N) is 1. The lowest BCUT2D eigenvalue weighted by molar-refractivity contribution is 0.0651. The van der Waals surface area contributed by atoms with Crippen molar-refractivity contribution in [3.8, 4) is 5.88 Å². The first-order chi connectivity index (χ1) is 6.75. The van der Waals surface area contributed by atoms with E-state index in [0.717, 1.165) is 25.7 Å². The summed E-state index contributed by atoms with van der Waals surface area (Å²) >= 11 is 0. The van der Waals surface area contributed by atoms with Crippen LogP contribution in [-0.4, -0.2) is 22.3 Å². The van der Waals surface area contributed by atoms with Crippen molar-refractivity contribution >= 4 is 5.97 Å². The minimum Gasteiger partial charge on any atom is -0.475 e. The lowest BCUT2D eigenvalue weighted by Gasteiger charge is -2.08. The summed E-state index contributed by atoms with van der Waals surface area (Å²) in [6.07, 6.45) is 4.51. The van der Waals surface area contributed by atoms with Gasteiger partial charge in [-0.15, -0.1) is 0 Å². The van der Waals surface area contributed by atoms with Gasteiger partial charge in [0.25, 0.3) is 5.88 Å². The topological polar surface area (TPSA) is 72.6 Å². The molecule has 14 heavy (non-hydrogen) atoms. The Balaban J connectivity index is 1.98. The Morgan fingerprint density at radius 3 is 2.86 bits per heavy atom. The molecule has 0 spiro atoms. The molecule has 1 aromatic rings. The molecule has 0 radical (unpaired) electrons. The summed E-state index contributed by atoms with van der Waals surface area (Å²) in [5, 5.41) is 12.1. The highest BCUT2D eigenvalue weighted by Gasteiger charge is 2.19. The molecular weight excluding hydrogens is 186 g/mol. The Bertz CT molecular complexity index is 327. The average Bonchev–Trinajstić information content (AvgIpc) is 2.75. The number of aromatic nitrogens is 1. The van der Waals surface area contributed by atoms with Crippen molar-refractivity contribution in [1.29, 1.82) is 0 Å². The predicted octanol–water partition coefficient (Wildman–Crippen LogP) is 1.69. The molecule has 5 nitrogen and oxygen atoms in total. The zero-order valence-corrected chi connectivity index (χ0v) is 7.60. The fourth-order valence-corrected chi connectivity index (χ4v) is 1.59. The first kappa shape index (κ1) is 9.05. The van der Waals surface area contributed by atoms with Crippen LogP contribution in [0.2, 0.25) is 0 Å². The SMILES string of the molecule is O=C(O)c1cc(OC2CCCC2)no1. The Hall–Kier alpha value is -1.52. The summed E-state index contributed by atoms with van der Waals surface area (Å²) in [5.41, 5.74) is 0. The molecule has 0 aromatic carbocycles. The smallest absolute Gasteiger partial charge is 0.374 e. The highest BCUT2D eigenvalue weighted by Crippen LogP contribution is 2.23. The number of carbonyl (C=O) groups is 1. The third-order valence-corrected chi connectivity index (χ3v) is 2.29. The highest BCUT2D eigenvalue weighted by molar-refractivity contribution is 5.84. The van der Waals surface area contributed by atoms with Gasteiger partial charge in [-0.2, -0.15) is 0 Å². The number of ether oxygens (including phenoxy) is 1. The van der Waals surface area contributed by atoms with Gasteiger partial charge in [0.1, 0.15) is 6.10 Å². The first-order valence-corrected chi connectivity index (χ1v) is 4.62. The maximum absolute atomic E-state index is 10.5. The summed E-state index contributed by atoms with van der Waals surface area (Å²) in [6, 6.07) is 1.31. The molecule has 1 N–H and O–H groups in total. The van der Waals surface area contributed by atoms with Gasteiger partial charge in [-0.25, -0.2) is 4.79 Å². The maximum atomic E-state index is 10.5. The number of hydrogen-bond donors (Lipinski definition) is 1. The largest absolute Gasteiger partial charge is 0.475 e. The predicted molar refractivity (Wildman–Crippen MR) is 46.3 cm³/mol. The van der Waals surface area contributed by atoms with Gasteiger partial charge in [-0.3, -0.25) is 0 Å². The van der Waals surface area contributed by atoms with Gasteiger partial charge >= 0.3 is 5.97 Å². The Morgan fingerprint density at radius 1 is 1.57 bits per heavy atom. The van der Waals surface area contributed by atoms with E-state index < -0.39 is 5.97 Å². The summed E-state index contributed by atoms with van der Waals surface area (Å²) in [5.74, 6) is -1.04. The summed E-state index contributed by atoms with van der Waals surface area (Å²) in [7, 11) is 0. The molecule has 1 heterocycles. The molecule has 5 heteroatoms. The molecular formula is C9H11NO4. The quantitative estimate of drug-likeness (QED) is 0.798. The second-order valence-corrected chi connectivity index (χ2v) is 3.36. The van der Waals surface area contributed by atoms with Crippen LogP contribution in [0.1, 0.15) is 36.2 Å². The van der Waals surface area contributed by atoms with Crippen molar-refractivity contribution in [1.82, 2.24) is 5.16 Å². The third-order valence-electron chi connectivity index (χ3n) is 2.29. The molecule has 1 fully saturated rings. The van der Waals surface area contributed by atoms with Crippen molar-refractivity contribution in [2.24, 2.45) is 0 Å². The normalized spacial score (nSPS) is 17.1. The zero-order valence-electron chi connectivity index (χ0n) is 7.60. The van der Waals surface area contributed by atoms with Crippen LogP contribution < -0.4 is 4.74 Å². The fourth-order valence-electron chi connectivity index (χ4n) is 1.59. The number of carboxylic acid groups (broad SMARTS) is 1. The van der Waals surface area contributed by atoms with Crippen LogP contribution in [0.25, 0.3) is 0 Å². The molecule has 0 saturated heterocycles. The highest BCUT2D eigenvalue weighted by atomic mass is 16.5. The van der Waals surface area contributed by atoms with E-state index in [1.54, 1.807) is 0 Å². The van der Waals surface area contributed by atoms with E-state index in [1.807, 2.05) is 0 Å². The molecule has 76 valence electrons. The van der Waals surface area contributed by atoms with E-state index in [2.05, 4.69) is 9.68 Å². The molecule has 1 aliphatic rings. The van der Waals surface area contributed by atoms with Gasteiger partial charge in [-0.1, -0.05) is 0 Å². The molecule has 0 unspecified atom stereocenters. The van der Waals surface area contributed by atoms with Crippen LogP contribution in [0.4, 0.5) is 0 Å². The Morgan fingerprint density at radius 2 is 2.29 bits per heavy atom. The van der Waals surface area contributed by atoms with E-state index in [0.29, 0.717) is 0 Å². The minimum atomic E-state index is -1.13. The number of aromatic carboxylic acids is 1. The minimum absolute atomic E-state index is 0.168. The molecule has 0 bridgehead atoms. The molecule has 0 amide bonds. The Kier molecular flexibility index (Phi) is 2.39. The second kappa shape index (κ2) is 3.69. The van der Waals surface area contributed by atoms with E-state index >= 15 is 0 Å². The van der Waals surface area contributed by atoms with Crippen molar-refractivity contribution in [2.75, 3.05) is 0 Å². The van der Waals surface area contributed by atoms with Gasteiger partial charge in [0.2, 0.25) is 5.76 Å². The summed E-state index contributed by atoms with van der Waals surface area (Å²) < 4.78 is 10.00. The van der Waals surface area contributed by atoms with Crippen molar-refractivity contribution in [3.05, 3.63) is 11.8 Å². The average molecular weight is 197 g/mol. The molecule has 2 rings (SSSR count). The fraction of sp³-hybridized carbons (Fsp3) is 0.556. The van der Waals surface area contributed by atoms with E-state index in [-0.39, 0.29) is 17.7 Å². The van der Waals surface area contributed by atoms with Gasteiger partial charge in [0.05, 0.1) is 6.07 Å². The van der Waals surface area contributed by atoms with Crippen LogP contribution in [0.5, 0.6) is 5.88 Å². The lowest BCUT2D eigenvalue weighted by atomic mass is 10.3. The molecule has 1 aromatic heterocycles. The van der Waals surface area contributed by atoms with Gasteiger partial charge in [0, 0.05) is 0 Å². The number of rotatable bonds is 3. The maximum Gasteiger partial charge on any atom is 0.374 e. The van der Waals surface area contributed by atoms with Crippen LogP contribution >= 0.6 is 0 Å².